The third-order valence-corrected chi connectivity index (χ3v) is 3.72. The number of ether oxygens (including phenoxy) is 1. The van der Waals surface area contributed by atoms with Gasteiger partial charge in [0.2, 0.25) is 0 Å². The Balaban J connectivity index is 2.12. The first-order valence-corrected chi connectivity index (χ1v) is 6.69. The molecule has 3 atom stereocenters. The highest BCUT2D eigenvalue weighted by molar-refractivity contribution is 5.35. The highest BCUT2D eigenvalue weighted by atomic mass is 16.5. The zero-order valence-electron chi connectivity index (χ0n) is 10.9. The van der Waals surface area contributed by atoms with E-state index in [0.29, 0.717) is 12.0 Å². The molecule has 2 heteroatoms. The van der Waals surface area contributed by atoms with E-state index in [0.717, 1.165) is 11.3 Å². The maximum absolute atomic E-state index is 6.18. The van der Waals surface area contributed by atoms with Gasteiger partial charge in [0.15, 0.2) is 0 Å². The molecule has 2 unspecified atom stereocenters. The predicted octanol–water partition coefficient (Wildman–Crippen LogP) is 3.66. The molecular weight excluding hydrogens is 210 g/mol. The van der Waals surface area contributed by atoms with E-state index >= 15 is 0 Å². The van der Waals surface area contributed by atoms with Crippen molar-refractivity contribution in [2.75, 3.05) is 0 Å². The highest BCUT2D eigenvalue weighted by Crippen LogP contribution is 2.31. The summed E-state index contributed by atoms with van der Waals surface area (Å²) in [6, 6.07) is 8.18. The third kappa shape index (κ3) is 3.01. The maximum atomic E-state index is 6.18. The van der Waals surface area contributed by atoms with Crippen molar-refractivity contribution in [3.05, 3.63) is 29.8 Å². The van der Waals surface area contributed by atoms with Crippen LogP contribution < -0.4 is 10.5 Å². The summed E-state index contributed by atoms with van der Waals surface area (Å²) in [5, 5.41) is 0. The lowest BCUT2D eigenvalue weighted by Crippen LogP contribution is -2.28. The molecule has 2 nitrogen and oxygen atoms in total. The van der Waals surface area contributed by atoms with Crippen LogP contribution in [-0.4, -0.2) is 6.10 Å². The summed E-state index contributed by atoms with van der Waals surface area (Å²) in [6.45, 7) is 4.30. The van der Waals surface area contributed by atoms with Crippen LogP contribution in [0.3, 0.4) is 0 Å². The molecule has 0 heterocycles. The Morgan fingerprint density at radius 1 is 1.24 bits per heavy atom. The summed E-state index contributed by atoms with van der Waals surface area (Å²) in [6.07, 6.45) is 5.45. The van der Waals surface area contributed by atoms with Crippen molar-refractivity contribution in [2.24, 2.45) is 11.7 Å². The Morgan fingerprint density at radius 2 is 1.94 bits per heavy atom. The molecule has 2 N–H and O–H groups in total. The smallest absolute Gasteiger partial charge is 0.124 e. The van der Waals surface area contributed by atoms with Crippen molar-refractivity contribution in [1.29, 1.82) is 0 Å². The van der Waals surface area contributed by atoms with E-state index in [2.05, 4.69) is 13.0 Å². The van der Waals surface area contributed by atoms with Crippen molar-refractivity contribution in [3.63, 3.8) is 0 Å². The molecule has 0 spiro atoms. The van der Waals surface area contributed by atoms with Gasteiger partial charge in [-0.2, -0.15) is 0 Å². The van der Waals surface area contributed by atoms with Gasteiger partial charge in [-0.25, -0.2) is 0 Å². The fourth-order valence-corrected chi connectivity index (χ4v) is 2.58. The lowest BCUT2D eigenvalue weighted by molar-refractivity contribution is 0.101. The molecule has 94 valence electrons. The molecule has 0 saturated heterocycles. The number of rotatable bonds is 3. The van der Waals surface area contributed by atoms with Gasteiger partial charge in [-0.05, 0) is 38.2 Å². The van der Waals surface area contributed by atoms with Crippen LogP contribution in [0.1, 0.15) is 51.1 Å². The van der Waals surface area contributed by atoms with E-state index in [9.17, 15) is 0 Å². The largest absolute Gasteiger partial charge is 0.490 e. The number of benzene rings is 1. The first kappa shape index (κ1) is 12.4. The van der Waals surface area contributed by atoms with E-state index in [1.165, 1.54) is 25.7 Å². The van der Waals surface area contributed by atoms with E-state index in [1.807, 2.05) is 25.1 Å². The first-order chi connectivity index (χ1) is 8.18. The van der Waals surface area contributed by atoms with Crippen LogP contribution in [0.2, 0.25) is 0 Å². The molecule has 0 aromatic heterocycles. The zero-order chi connectivity index (χ0) is 12.3. The van der Waals surface area contributed by atoms with Gasteiger partial charge in [0, 0.05) is 11.6 Å². The topological polar surface area (TPSA) is 35.2 Å². The molecule has 1 aromatic carbocycles. The fraction of sp³-hybridized carbons (Fsp3) is 0.600. The summed E-state index contributed by atoms with van der Waals surface area (Å²) in [5.41, 5.74) is 7.09. The van der Waals surface area contributed by atoms with E-state index in [1.54, 1.807) is 0 Å². The van der Waals surface area contributed by atoms with Gasteiger partial charge >= 0.3 is 0 Å². The second-order valence-electron chi connectivity index (χ2n) is 5.24. The third-order valence-electron chi connectivity index (χ3n) is 3.72. The standard InChI is InChI=1S/C15H23NO/c1-11-7-3-5-9-14(11)17-15-10-6-4-8-13(15)12(2)16/h4,6,8,10-12,14H,3,5,7,9,16H2,1-2H3/t11?,12-,14?/m0/s1. The van der Waals surface area contributed by atoms with Gasteiger partial charge in [0.25, 0.3) is 0 Å². The minimum Gasteiger partial charge on any atom is -0.490 e. The molecule has 0 aliphatic heterocycles. The van der Waals surface area contributed by atoms with Crippen LogP contribution in [-0.2, 0) is 0 Å². The van der Waals surface area contributed by atoms with Crippen LogP contribution in [0.25, 0.3) is 0 Å². The summed E-state index contributed by atoms with van der Waals surface area (Å²) in [7, 11) is 0. The number of para-hydroxylation sites is 1. The van der Waals surface area contributed by atoms with Gasteiger partial charge in [0.1, 0.15) is 11.9 Å². The Labute approximate surface area is 104 Å². The maximum Gasteiger partial charge on any atom is 0.124 e. The summed E-state index contributed by atoms with van der Waals surface area (Å²) >= 11 is 0. The van der Waals surface area contributed by atoms with Gasteiger partial charge in [-0.3, -0.25) is 0 Å². The minimum atomic E-state index is 0.0325. The molecule has 0 radical (unpaired) electrons. The highest BCUT2D eigenvalue weighted by Gasteiger charge is 2.23. The van der Waals surface area contributed by atoms with Crippen LogP contribution >= 0.6 is 0 Å². The zero-order valence-corrected chi connectivity index (χ0v) is 10.9. The van der Waals surface area contributed by atoms with Crippen LogP contribution in [0.5, 0.6) is 5.75 Å². The van der Waals surface area contributed by atoms with Gasteiger partial charge in [-0.1, -0.05) is 31.5 Å². The Morgan fingerprint density at radius 3 is 2.65 bits per heavy atom. The lowest BCUT2D eigenvalue weighted by Gasteiger charge is -2.30. The molecule has 1 fully saturated rings. The van der Waals surface area contributed by atoms with Crippen LogP contribution in [0, 0.1) is 5.92 Å². The molecule has 1 saturated carbocycles. The molecule has 2 rings (SSSR count). The average molecular weight is 233 g/mol. The molecule has 17 heavy (non-hydrogen) atoms. The molecule has 0 amide bonds. The Bertz CT molecular complexity index is 362. The summed E-state index contributed by atoms with van der Waals surface area (Å²) in [4.78, 5) is 0. The van der Waals surface area contributed by atoms with E-state index in [-0.39, 0.29) is 6.04 Å². The molecule has 0 bridgehead atoms. The second-order valence-corrected chi connectivity index (χ2v) is 5.24. The van der Waals surface area contributed by atoms with Crippen molar-refractivity contribution in [2.45, 2.75) is 51.7 Å². The fourth-order valence-electron chi connectivity index (χ4n) is 2.58. The number of hydrogen-bond acceptors (Lipinski definition) is 2. The van der Waals surface area contributed by atoms with E-state index in [4.69, 9.17) is 10.5 Å². The van der Waals surface area contributed by atoms with Crippen LogP contribution in [0.15, 0.2) is 24.3 Å². The second kappa shape index (κ2) is 5.54. The lowest BCUT2D eigenvalue weighted by atomic mass is 9.88. The summed E-state index contributed by atoms with van der Waals surface area (Å²) in [5.74, 6) is 1.63. The van der Waals surface area contributed by atoms with Crippen molar-refractivity contribution < 1.29 is 4.74 Å². The van der Waals surface area contributed by atoms with Gasteiger partial charge in [0.05, 0.1) is 0 Å². The van der Waals surface area contributed by atoms with Crippen molar-refractivity contribution in [1.82, 2.24) is 0 Å². The number of nitrogens with two attached hydrogens (primary N) is 1. The van der Waals surface area contributed by atoms with Crippen molar-refractivity contribution >= 4 is 0 Å². The molecular formula is C15H23NO. The van der Waals surface area contributed by atoms with E-state index < -0.39 is 0 Å². The van der Waals surface area contributed by atoms with Crippen LogP contribution in [0.4, 0.5) is 0 Å². The monoisotopic (exact) mass is 233 g/mol. The normalized spacial score (nSPS) is 26.5. The predicted molar refractivity (Wildman–Crippen MR) is 71.1 cm³/mol. The number of hydrogen-bond donors (Lipinski definition) is 1. The average Bonchev–Trinajstić information content (AvgIpc) is 2.32. The minimum absolute atomic E-state index is 0.0325. The molecule has 1 aliphatic carbocycles. The molecule has 1 aromatic rings. The Hall–Kier alpha value is -1.02. The first-order valence-electron chi connectivity index (χ1n) is 6.69. The SMILES string of the molecule is CC1CCCCC1Oc1ccccc1[C@H](C)N. The Kier molecular flexibility index (Phi) is 4.06. The quantitative estimate of drug-likeness (QED) is 0.864. The summed E-state index contributed by atoms with van der Waals surface area (Å²) < 4.78 is 6.18. The van der Waals surface area contributed by atoms with Crippen molar-refractivity contribution in [3.8, 4) is 5.75 Å². The van der Waals surface area contributed by atoms with Gasteiger partial charge in [-0.15, -0.1) is 0 Å². The van der Waals surface area contributed by atoms with Gasteiger partial charge < -0.3 is 10.5 Å². The molecule has 1 aliphatic rings.